The molecule has 2 N–H and O–H groups in total. The number of aromatic nitrogens is 1. The van der Waals surface area contributed by atoms with Gasteiger partial charge >= 0.3 is 0 Å². The summed E-state index contributed by atoms with van der Waals surface area (Å²) in [6.07, 6.45) is 6.66. The van der Waals surface area contributed by atoms with Crippen LogP contribution in [-0.4, -0.2) is 23.5 Å². The van der Waals surface area contributed by atoms with Crippen molar-refractivity contribution in [2.45, 2.75) is 38.6 Å². The molecule has 0 radical (unpaired) electrons. The summed E-state index contributed by atoms with van der Waals surface area (Å²) < 4.78 is 0. The lowest BCUT2D eigenvalue weighted by Crippen LogP contribution is -2.34. The molecule has 1 heterocycles. The van der Waals surface area contributed by atoms with E-state index in [0.717, 1.165) is 11.4 Å². The number of pyridine rings is 1. The molecule has 0 atom stereocenters. The van der Waals surface area contributed by atoms with E-state index in [-0.39, 0.29) is 5.91 Å². The van der Waals surface area contributed by atoms with Crippen LogP contribution in [0.2, 0.25) is 0 Å². The predicted octanol–water partition coefficient (Wildman–Crippen LogP) is 1.86. The lowest BCUT2D eigenvalue weighted by molar-refractivity contribution is -0.115. The Morgan fingerprint density at radius 3 is 2.94 bits per heavy atom. The Morgan fingerprint density at radius 2 is 2.24 bits per heavy atom. The molecule has 0 saturated heterocycles. The average molecular weight is 233 g/mol. The summed E-state index contributed by atoms with van der Waals surface area (Å²) in [6.45, 7) is 2.30. The molecule has 0 spiro atoms. The number of anilines is 1. The van der Waals surface area contributed by atoms with Gasteiger partial charge in [-0.15, -0.1) is 0 Å². The minimum Gasteiger partial charge on any atom is -0.325 e. The van der Waals surface area contributed by atoms with E-state index in [0.29, 0.717) is 12.6 Å². The molecule has 0 aliphatic heterocycles. The Hall–Kier alpha value is -1.42. The SMILES string of the molecule is Cc1cc(NC(=O)CNC2CCCC2)ccn1. The van der Waals surface area contributed by atoms with Crippen LogP contribution in [0.1, 0.15) is 31.4 Å². The number of nitrogens with zero attached hydrogens (tertiary/aromatic N) is 1. The zero-order chi connectivity index (χ0) is 12.1. The third-order valence-electron chi connectivity index (χ3n) is 3.09. The van der Waals surface area contributed by atoms with Crippen LogP contribution in [0.3, 0.4) is 0 Å². The zero-order valence-corrected chi connectivity index (χ0v) is 10.2. The molecule has 1 saturated carbocycles. The monoisotopic (exact) mass is 233 g/mol. The van der Waals surface area contributed by atoms with Crippen LogP contribution in [0.15, 0.2) is 18.3 Å². The van der Waals surface area contributed by atoms with Gasteiger partial charge in [0.05, 0.1) is 6.54 Å². The van der Waals surface area contributed by atoms with Crippen molar-refractivity contribution in [2.75, 3.05) is 11.9 Å². The molecule has 0 bridgehead atoms. The second kappa shape index (κ2) is 5.77. The second-order valence-electron chi connectivity index (χ2n) is 4.60. The quantitative estimate of drug-likeness (QED) is 0.834. The van der Waals surface area contributed by atoms with Crippen LogP contribution >= 0.6 is 0 Å². The number of hydrogen-bond donors (Lipinski definition) is 2. The first kappa shape index (κ1) is 12.0. The first-order chi connectivity index (χ1) is 8.24. The number of rotatable bonds is 4. The summed E-state index contributed by atoms with van der Waals surface area (Å²) in [5.41, 5.74) is 1.72. The van der Waals surface area contributed by atoms with E-state index in [2.05, 4.69) is 15.6 Å². The summed E-state index contributed by atoms with van der Waals surface area (Å²) in [4.78, 5) is 15.8. The van der Waals surface area contributed by atoms with Crippen molar-refractivity contribution in [1.82, 2.24) is 10.3 Å². The van der Waals surface area contributed by atoms with Gasteiger partial charge in [-0.25, -0.2) is 0 Å². The molecule has 2 rings (SSSR count). The maximum absolute atomic E-state index is 11.7. The molecule has 1 aromatic heterocycles. The van der Waals surface area contributed by atoms with Crippen molar-refractivity contribution in [3.8, 4) is 0 Å². The van der Waals surface area contributed by atoms with Crippen LogP contribution in [-0.2, 0) is 4.79 Å². The van der Waals surface area contributed by atoms with Crippen molar-refractivity contribution in [2.24, 2.45) is 0 Å². The summed E-state index contributed by atoms with van der Waals surface area (Å²) in [5.74, 6) is 0.0162. The first-order valence-electron chi connectivity index (χ1n) is 6.20. The molecule has 0 unspecified atom stereocenters. The van der Waals surface area contributed by atoms with Gasteiger partial charge in [-0.3, -0.25) is 9.78 Å². The van der Waals surface area contributed by atoms with Crippen molar-refractivity contribution < 1.29 is 4.79 Å². The summed E-state index contributed by atoms with van der Waals surface area (Å²) in [7, 11) is 0. The Kier molecular flexibility index (Phi) is 4.09. The van der Waals surface area contributed by atoms with Gasteiger partial charge in [0.2, 0.25) is 5.91 Å². The molecule has 0 aromatic carbocycles. The van der Waals surface area contributed by atoms with Crippen LogP contribution < -0.4 is 10.6 Å². The third-order valence-corrected chi connectivity index (χ3v) is 3.09. The molecule has 1 amide bonds. The highest BCUT2D eigenvalue weighted by Crippen LogP contribution is 2.17. The number of hydrogen-bond acceptors (Lipinski definition) is 3. The van der Waals surface area contributed by atoms with E-state index in [1.165, 1.54) is 25.7 Å². The summed E-state index contributed by atoms with van der Waals surface area (Å²) in [6, 6.07) is 4.20. The largest absolute Gasteiger partial charge is 0.325 e. The molecule has 1 fully saturated rings. The van der Waals surface area contributed by atoms with Crippen LogP contribution in [0.4, 0.5) is 5.69 Å². The lowest BCUT2D eigenvalue weighted by atomic mass is 10.2. The fraction of sp³-hybridized carbons (Fsp3) is 0.538. The maximum atomic E-state index is 11.7. The van der Waals surface area contributed by atoms with Gasteiger partial charge in [-0.2, -0.15) is 0 Å². The van der Waals surface area contributed by atoms with Gasteiger partial charge in [-0.1, -0.05) is 12.8 Å². The number of amides is 1. The summed E-state index contributed by atoms with van der Waals surface area (Å²) in [5, 5.41) is 6.15. The molecule has 1 aliphatic rings. The van der Waals surface area contributed by atoms with Gasteiger partial charge < -0.3 is 10.6 Å². The fourth-order valence-electron chi connectivity index (χ4n) is 2.20. The van der Waals surface area contributed by atoms with Gasteiger partial charge in [0.15, 0.2) is 0 Å². The number of nitrogens with one attached hydrogen (secondary N) is 2. The van der Waals surface area contributed by atoms with Crippen molar-refractivity contribution >= 4 is 11.6 Å². The zero-order valence-electron chi connectivity index (χ0n) is 10.2. The van der Waals surface area contributed by atoms with Gasteiger partial charge in [0.25, 0.3) is 0 Å². The van der Waals surface area contributed by atoms with Crippen molar-refractivity contribution in [1.29, 1.82) is 0 Å². The Labute approximate surface area is 102 Å². The summed E-state index contributed by atoms with van der Waals surface area (Å²) >= 11 is 0. The van der Waals surface area contributed by atoms with E-state index in [1.54, 1.807) is 12.3 Å². The van der Waals surface area contributed by atoms with E-state index in [1.807, 2.05) is 13.0 Å². The number of carbonyl (C=O) groups excluding carboxylic acids is 1. The van der Waals surface area contributed by atoms with Crippen molar-refractivity contribution in [3.05, 3.63) is 24.0 Å². The minimum absolute atomic E-state index is 0.0162. The molecule has 92 valence electrons. The molecular weight excluding hydrogens is 214 g/mol. The number of aryl methyl sites for hydroxylation is 1. The maximum Gasteiger partial charge on any atom is 0.238 e. The lowest BCUT2D eigenvalue weighted by Gasteiger charge is -2.11. The third kappa shape index (κ3) is 3.82. The highest BCUT2D eigenvalue weighted by molar-refractivity contribution is 5.92. The van der Waals surface area contributed by atoms with E-state index in [9.17, 15) is 4.79 Å². The van der Waals surface area contributed by atoms with Gasteiger partial charge in [0, 0.05) is 23.6 Å². The van der Waals surface area contributed by atoms with Crippen LogP contribution in [0.25, 0.3) is 0 Å². The average Bonchev–Trinajstić information content (AvgIpc) is 2.79. The number of carbonyl (C=O) groups is 1. The van der Waals surface area contributed by atoms with Gasteiger partial charge in [0.1, 0.15) is 0 Å². The minimum atomic E-state index is 0.0162. The normalized spacial score (nSPS) is 16.1. The predicted molar refractivity (Wildman–Crippen MR) is 67.9 cm³/mol. The highest BCUT2D eigenvalue weighted by atomic mass is 16.1. The van der Waals surface area contributed by atoms with Crippen molar-refractivity contribution in [3.63, 3.8) is 0 Å². The van der Waals surface area contributed by atoms with E-state index in [4.69, 9.17) is 0 Å². The first-order valence-corrected chi connectivity index (χ1v) is 6.20. The van der Waals surface area contributed by atoms with Gasteiger partial charge in [-0.05, 0) is 31.9 Å². The molecule has 1 aliphatic carbocycles. The van der Waals surface area contributed by atoms with Crippen LogP contribution in [0.5, 0.6) is 0 Å². The van der Waals surface area contributed by atoms with Crippen LogP contribution in [0, 0.1) is 6.92 Å². The Morgan fingerprint density at radius 1 is 1.47 bits per heavy atom. The standard InChI is InChI=1S/C13H19N3O/c1-10-8-12(6-7-14-10)16-13(17)9-15-11-4-2-3-5-11/h6-8,11,15H,2-5,9H2,1H3,(H,14,16,17). The fourth-order valence-corrected chi connectivity index (χ4v) is 2.20. The Bertz CT molecular complexity index is 386. The molecular formula is C13H19N3O. The Balaban J connectivity index is 1.76. The topological polar surface area (TPSA) is 54.0 Å². The molecule has 1 aromatic rings. The second-order valence-corrected chi connectivity index (χ2v) is 4.60. The molecule has 4 heteroatoms. The van der Waals surface area contributed by atoms with E-state index < -0.39 is 0 Å². The van der Waals surface area contributed by atoms with E-state index >= 15 is 0 Å². The molecule has 4 nitrogen and oxygen atoms in total. The smallest absolute Gasteiger partial charge is 0.238 e. The highest BCUT2D eigenvalue weighted by Gasteiger charge is 2.15. The molecule has 17 heavy (non-hydrogen) atoms.